The smallest absolute Gasteiger partial charge is 0.328 e. The van der Waals surface area contributed by atoms with E-state index < -0.39 is 24.0 Å². The number of carboxylic acids is 1. The van der Waals surface area contributed by atoms with Crippen molar-refractivity contribution in [1.82, 2.24) is 5.32 Å². The molecule has 3 N–H and O–H groups in total. The summed E-state index contributed by atoms with van der Waals surface area (Å²) in [5.41, 5.74) is 0. The number of carbonyl (C=O) groups excluding carboxylic acids is 1. The zero-order chi connectivity index (χ0) is 13.7. The van der Waals surface area contributed by atoms with E-state index in [-0.39, 0.29) is 0 Å². The molecule has 98 valence electrons. The largest absolute Gasteiger partial charge is 0.480 e. The molecule has 0 aliphatic rings. The number of carboxylic acid groups (broad SMARTS) is 1. The first-order valence-electron chi connectivity index (χ1n) is 5.36. The Morgan fingerprint density at radius 3 is 2.56 bits per heavy atom. The van der Waals surface area contributed by atoms with Crippen molar-refractivity contribution in [2.45, 2.75) is 26.0 Å². The van der Waals surface area contributed by atoms with Gasteiger partial charge >= 0.3 is 5.97 Å². The average molecular weight is 253 g/mol. The number of amides is 1. The number of hydrogen-bond acceptors (Lipinski definition) is 4. The van der Waals surface area contributed by atoms with Crippen LogP contribution in [0.4, 0.5) is 0 Å². The summed E-state index contributed by atoms with van der Waals surface area (Å²) in [7, 11) is 0. The van der Waals surface area contributed by atoms with Crippen molar-refractivity contribution in [2.75, 3.05) is 0 Å². The highest BCUT2D eigenvalue weighted by atomic mass is 16.4. The quantitative estimate of drug-likeness (QED) is 0.665. The molecule has 1 aromatic rings. The fraction of sp³-hybridized carbons (Fsp3) is 0.333. The van der Waals surface area contributed by atoms with E-state index in [2.05, 4.69) is 5.32 Å². The van der Waals surface area contributed by atoms with Crippen LogP contribution in [-0.2, 0) is 9.59 Å². The van der Waals surface area contributed by atoms with Crippen molar-refractivity contribution >= 4 is 18.0 Å². The molecule has 0 aliphatic carbocycles. The second-order valence-electron chi connectivity index (χ2n) is 3.85. The van der Waals surface area contributed by atoms with Crippen LogP contribution in [0, 0.1) is 6.92 Å². The zero-order valence-corrected chi connectivity index (χ0v) is 10.1. The van der Waals surface area contributed by atoms with E-state index >= 15 is 0 Å². The van der Waals surface area contributed by atoms with E-state index in [0.29, 0.717) is 11.5 Å². The number of aryl methyl sites for hydroxylation is 1. The van der Waals surface area contributed by atoms with Crippen molar-refractivity contribution in [3.8, 4) is 0 Å². The normalized spacial score (nSPS) is 14.4. The van der Waals surface area contributed by atoms with E-state index in [1.54, 1.807) is 19.1 Å². The second-order valence-corrected chi connectivity index (χ2v) is 3.85. The summed E-state index contributed by atoms with van der Waals surface area (Å²) in [6.07, 6.45) is 1.39. The van der Waals surface area contributed by atoms with Crippen LogP contribution in [0.1, 0.15) is 18.4 Å². The maximum absolute atomic E-state index is 11.4. The second kappa shape index (κ2) is 6.02. The predicted molar refractivity (Wildman–Crippen MR) is 63.7 cm³/mol. The molecule has 6 nitrogen and oxygen atoms in total. The summed E-state index contributed by atoms with van der Waals surface area (Å²) in [6.45, 7) is 3.06. The number of hydrogen-bond donors (Lipinski definition) is 3. The molecule has 0 aromatic carbocycles. The minimum atomic E-state index is -1.33. The Hall–Kier alpha value is -2.08. The molecule has 0 saturated heterocycles. The van der Waals surface area contributed by atoms with Gasteiger partial charge in [0.25, 0.3) is 0 Å². The number of rotatable bonds is 5. The lowest BCUT2D eigenvalue weighted by molar-refractivity contribution is -0.144. The molecule has 0 saturated carbocycles. The molecule has 18 heavy (non-hydrogen) atoms. The van der Waals surface area contributed by atoms with Crippen LogP contribution in [0.3, 0.4) is 0 Å². The summed E-state index contributed by atoms with van der Waals surface area (Å²) in [5, 5.41) is 20.1. The lowest BCUT2D eigenvalue weighted by atomic mass is 10.2. The third kappa shape index (κ3) is 4.06. The highest BCUT2D eigenvalue weighted by Gasteiger charge is 2.23. The van der Waals surface area contributed by atoms with Gasteiger partial charge in [0, 0.05) is 6.08 Å². The number of furan rings is 1. The van der Waals surface area contributed by atoms with Crippen molar-refractivity contribution in [1.29, 1.82) is 0 Å². The van der Waals surface area contributed by atoms with Crippen molar-refractivity contribution in [3.63, 3.8) is 0 Å². The molecule has 6 heteroatoms. The summed E-state index contributed by atoms with van der Waals surface area (Å²) < 4.78 is 5.20. The van der Waals surface area contributed by atoms with Crippen LogP contribution in [-0.4, -0.2) is 34.2 Å². The van der Waals surface area contributed by atoms with Gasteiger partial charge < -0.3 is 19.9 Å². The first kappa shape index (κ1) is 14.0. The molecule has 0 unspecified atom stereocenters. The standard InChI is InChI=1S/C12H15NO5/c1-7-3-4-9(18-7)5-6-10(15)13-11(8(2)14)12(16)17/h3-6,8,11,14H,1-2H3,(H,13,15)(H,16,17)/b6-5+/t8-,11+/m1/s1. The molecule has 2 atom stereocenters. The summed E-state index contributed by atoms with van der Waals surface area (Å²) >= 11 is 0. The van der Waals surface area contributed by atoms with E-state index in [1.807, 2.05) is 0 Å². The van der Waals surface area contributed by atoms with Crippen molar-refractivity contribution in [2.24, 2.45) is 0 Å². The zero-order valence-electron chi connectivity index (χ0n) is 10.1. The lowest BCUT2D eigenvalue weighted by Gasteiger charge is -2.15. The predicted octanol–water partition coefficient (Wildman–Crippen LogP) is 0.551. The SMILES string of the molecule is Cc1ccc(/C=C/C(=O)N[C@H](C(=O)O)[C@@H](C)O)o1. The van der Waals surface area contributed by atoms with E-state index in [1.165, 1.54) is 13.0 Å². The van der Waals surface area contributed by atoms with Gasteiger partial charge in [-0.3, -0.25) is 4.79 Å². The Bertz CT molecular complexity index is 461. The number of nitrogens with one attached hydrogen (secondary N) is 1. The Balaban J connectivity index is 2.60. The van der Waals surface area contributed by atoms with Gasteiger partial charge in [0.2, 0.25) is 5.91 Å². The van der Waals surface area contributed by atoms with Crippen LogP contribution in [0.25, 0.3) is 6.08 Å². The van der Waals surface area contributed by atoms with Crippen LogP contribution in [0.15, 0.2) is 22.6 Å². The minimum absolute atomic E-state index is 0.492. The summed E-state index contributed by atoms with van der Waals surface area (Å²) in [6, 6.07) is 2.09. The topological polar surface area (TPSA) is 99.8 Å². The Labute approximate surface area is 104 Å². The summed E-state index contributed by atoms with van der Waals surface area (Å²) in [5.74, 6) is -0.702. The molecule has 0 radical (unpaired) electrons. The molecule has 1 amide bonds. The van der Waals surface area contributed by atoms with Gasteiger partial charge in [0.05, 0.1) is 6.10 Å². The third-order valence-electron chi connectivity index (χ3n) is 2.21. The maximum atomic E-state index is 11.4. The van der Waals surface area contributed by atoms with E-state index in [0.717, 1.165) is 6.08 Å². The number of aliphatic hydroxyl groups excluding tert-OH is 1. The molecule has 0 bridgehead atoms. The third-order valence-corrected chi connectivity index (χ3v) is 2.21. The molecular formula is C12H15NO5. The first-order valence-corrected chi connectivity index (χ1v) is 5.36. The van der Waals surface area contributed by atoms with Crippen LogP contribution in [0.5, 0.6) is 0 Å². The highest BCUT2D eigenvalue weighted by Crippen LogP contribution is 2.07. The molecular weight excluding hydrogens is 238 g/mol. The first-order chi connectivity index (χ1) is 8.40. The van der Waals surface area contributed by atoms with Crippen molar-refractivity contribution in [3.05, 3.63) is 29.7 Å². The fourth-order valence-corrected chi connectivity index (χ4v) is 1.29. The van der Waals surface area contributed by atoms with Crippen LogP contribution in [0.2, 0.25) is 0 Å². The van der Waals surface area contributed by atoms with Gasteiger partial charge in [-0.1, -0.05) is 0 Å². The average Bonchev–Trinajstić information content (AvgIpc) is 2.68. The fourth-order valence-electron chi connectivity index (χ4n) is 1.29. The molecule has 0 fully saturated rings. The number of aliphatic carboxylic acids is 1. The maximum Gasteiger partial charge on any atom is 0.328 e. The van der Waals surface area contributed by atoms with Gasteiger partial charge in [-0.15, -0.1) is 0 Å². The van der Waals surface area contributed by atoms with Gasteiger partial charge in [-0.25, -0.2) is 4.79 Å². The Morgan fingerprint density at radius 1 is 1.44 bits per heavy atom. The molecule has 1 aromatic heterocycles. The molecule has 1 rings (SSSR count). The molecule has 0 spiro atoms. The monoisotopic (exact) mass is 253 g/mol. The highest BCUT2D eigenvalue weighted by molar-refractivity contribution is 5.94. The van der Waals surface area contributed by atoms with Crippen molar-refractivity contribution < 1.29 is 24.2 Å². The van der Waals surface area contributed by atoms with Gasteiger partial charge in [0.15, 0.2) is 6.04 Å². The molecule has 0 aliphatic heterocycles. The Morgan fingerprint density at radius 2 is 2.11 bits per heavy atom. The van der Waals surface area contributed by atoms with E-state index in [4.69, 9.17) is 9.52 Å². The van der Waals surface area contributed by atoms with Gasteiger partial charge in [0.1, 0.15) is 11.5 Å². The number of aliphatic hydroxyl groups is 1. The van der Waals surface area contributed by atoms with Crippen LogP contribution < -0.4 is 5.32 Å². The molecule has 1 heterocycles. The van der Waals surface area contributed by atoms with Gasteiger partial charge in [-0.05, 0) is 32.1 Å². The van der Waals surface area contributed by atoms with Gasteiger partial charge in [-0.2, -0.15) is 0 Å². The minimum Gasteiger partial charge on any atom is -0.480 e. The lowest BCUT2D eigenvalue weighted by Crippen LogP contribution is -2.47. The van der Waals surface area contributed by atoms with E-state index in [9.17, 15) is 14.7 Å². The van der Waals surface area contributed by atoms with Crippen LogP contribution >= 0.6 is 0 Å². The Kier molecular flexibility index (Phi) is 4.67. The number of carbonyl (C=O) groups is 2. The summed E-state index contributed by atoms with van der Waals surface area (Å²) in [4.78, 5) is 22.2.